The zero-order chi connectivity index (χ0) is 15.7. The first-order valence-corrected chi connectivity index (χ1v) is 8.11. The van der Waals surface area contributed by atoms with Crippen LogP contribution in [-0.4, -0.2) is 72.2 Å². The van der Waals surface area contributed by atoms with Gasteiger partial charge in [0.1, 0.15) is 24.4 Å². The molecule has 0 saturated carbocycles. The van der Waals surface area contributed by atoms with Gasteiger partial charge in [0.05, 0.1) is 6.61 Å². The zero-order valence-electron chi connectivity index (χ0n) is 9.66. The molecule has 1 saturated heterocycles. The Bertz CT molecular complexity index is 390. The average Bonchev–Trinajstić information content (AvgIpc) is 2.25. The minimum Gasteiger partial charge on any atom is -0.394 e. The summed E-state index contributed by atoms with van der Waals surface area (Å²) in [4.78, 5) is 34.8. The molecule has 20 heavy (non-hydrogen) atoms. The first-order chi connectivity index (χ1) is 8.94. The van der Waals surface area contributed by atoms with Crippen molar-refractivity contribution in [1.29, 1.82) is 0 Å². The minimum atomic E-state index is -5.18. The molecule has 0 radical (unpaired) electrons. The molecule has 1 aliphatic rings. The lowest BCUT2D eigenvalue weighted by Crippen LogP contribution is -2.59. The van der Waals surface area contributed by atoms with Crippen molar-refractivity contribution in [3.8, 4) is 0 Å². The smallest absolute Gasteiger partial charge is 0.394 e. The molecule has 0 bridgehead atoms. The Morgan fingerprint density at radius 3 is 1.80 bits per heavy atom. The van der Waals surface area contributed by atoms with Gasteiger partial charge in [-0.3, -0.25) is 9.05 Å². The molecule has 0 aliphatic carbocycles. The maximum atomic E-state index is 10.8. The Labute approximate surface area is 112 Å². The third kappa shape index (κ3) is 5.11. The van der Waals surface area contributed by atoms with Crippen molar-refractivity contribution >= 4 is 15.6 Å². The highest BCUT2D eigenvalue weighted by molar-refractivity contribution is 7.46. The van der Waals surface area contributed by atoms with Crippen LogP contribution in [0.5, 0.6) is 0 Å². The molecular formula is C6H14O12P2. The Hall–Kier alpha value is 0.0600. The highest BCUT2D eigenvalue weighted by Gasteiger charge is 2.50. The molecule has 0 aromatic heterocycles. The van der Waals surface area contributed by atoms with Crippen LogP contribution in [0.3, 0.4) is 0 Å². The second kappa shape index (κ2) is 6.44. The third-order valence-corrected chi connectivity index (χ3v) is 3.37. The van der Waals surface area contributed by atoms with Crippen molar-refractivity contribution in [2.24, 2.45) is 0 Å². The van der Waals surface area contributed by atoms with Gasteiger partial charge in [0.2, 0.25) is 0 Å². The molecule has 7 N–H and O–H groups in total. The highest BCUT2D eigenvalue weighted by atomic mass is 31.2. The van der Waals surface area contributed by atoms with Crippen LogP contribution in [0.15, 0.2) is 0 Å². The summed E-state index contributed by atoms with van der Waals surface area (Å²) in [6.07, 6.45) is -9.61. The van der Waals surface area contributed by atoms with Crippen LogP contribution in [-0.2, 0) is 22.9 Å². The standard InChI is InChI=1S/C6H14O12P2/c7-1-2-4(17-19(10,11)12)5(18-20(13,14)15)3(8)6(9)16-2/h2-9H,1H2,(H2,10,11,12)(H2,13,14,15)/t2-,3-,4-,5-,6+/m1/s1. The molecule has 1 rings (SSSR count). The monoisotopic (exact) mass is 340 g/mol. The van der Waals surface area contributed by atoms with E-state index in [1.54, 1.807) is 0 Å². The van der Waals surface area contributed by atoms with E-state index in [1.165, 1.54) is 0 Å². The van der Waals surface area contributed by atoms with Crippen LogP contribution < -0.4 is 0 Å². The molecule has 0 spiro atoms. The molecule has 0 unspecified atom stereocenters. The molecular weight excluding hydrogens is 326 g/mol. The van der Waals surface area contributed by atoms with Gasteiger partial charge in [-0.2, -0.15) is 0 Å². The van der Waals surface area contributed by atoms with Crippen LogP contribution in [0.2, 0.25) is 0 Å². The number of phosphoric ester groups is 2. The molecule has 14 heteroatoms. The SMILES string of the molecule is O=P(O)(O)O[C@@H]1[C@@H](O)[C@@H](O)O[C@H](CO)[C@H]1OP(=O)(O)O. The van der Waals surface area contributed by atoms with E-state index in [4.69, 9.17) is 24.7 Å². The predicted octanol–water partition coefficient (Wildman–Crippen LogP) is -2.99. The maximum absolute atomic E-state index is 10.8. The molecule has 0 amide bonds. The van der Waals surface area contributed by atoms with E-state index in [-0.39, 0.29) is 0 Å². The number of phosphoric acid groups is 2. The number of hydrogen-bond acceptors (Lipinski definition) is 8. The molecule has 1 heterocycles. The second-order valence-electron chi connectivity index (χ2n) is 3.86. The fourth-order valence-electron chi connectivity index (χ4n) is 1.62. The first-order valence-electron chi connectivity index (χ1n) is 5.05. The fourth-order valence-corrected chi connectivity index (χ4v) is 2.75. The van der Waals surface area contributed by atoms with E-state index < -0.39 is 53.0 Å². The largest absolute Gasteiger partial charge is 0.470 e. The topological polar surface area (TPSA) is 203 Å². The Kier molecular flexibility index (Phi) is 5.83. The summed E-state index contributed by atoms with van der Waals surface area (Å²) in [5, 5.41) is 27.8. The van der Waals surface area contributed by atoms with E-state index >= 15 is 0 Å². The summed E-state index contributed by atoms with van der Waals surface area (Å²) in [6, 6.07) is 0. The predicted molar refractivity (Wildman–Crippen MR) is 57.8 cm³/mol. The van der Waals surface area contributed by atoms with Gasteiger partial charge in [0, 0.05) is 0 Å². The number of aliphatic hydroxyl groups is 3. The van der Waals surface area contributed by atoms with Gasteiger partial charge >= 0.3 is 15.6 Å². The molecule has 1 fully saturated rings. The number of rotatable bonds is 5. The summed E-state index contributed by atoms with van der Waals surface area (Å²) >= 11 is 0. The lowest BCUT2D eigenvalue weighted by Gasteiger charge is -2.41. The zero-order valence-corrected chi connectivity index (χ0v) is 11.4. The van der Waals surface area contributed by atoms with Crippen molar-refractivity contribution < 1.29 is 57.8 Å². The summed E-state index contributed by atoms with van der Waals surface area (Å²) in [5.74, 6) is 0. The van der Waals surface area contributed by atoms with Crippen molar-refractivity contribution in [1.82, 2.24) is 0 Å². The van der Waals surface area contributed by atoms with Gasteiger partial charge < -0.3 is 39.6 Å². The minimum absolute atomic E-state index is 0.921. The lowest BCUT2D eigenvalue weighted by molar-refractivity contribution is -0.280. The molecule has 120 valence electrons. The number of hydrogen-bond donors (Lipinski definition) is 7. The summed E-state index contributed by atoms with van der Waals surface area (Å²) < 4.78 is 34.5. The van der Waals surface area contributed by atoms with E-state index in [1.807, 2.05) is 0 Å². The van der Waals surface area contributed by atoms with E-state index in [0.29, 0.717) is 0 Å². The molecule has 0 aromatic rings. The fraction of sp³-hybridized carbons (Fsp3) is 1.00. The van der Waals surface area contributed by atoms with E-state index in [9.17, 15) is 19.3 Å². The normalized spacial score (nSPS) is 36.0. The maximum Gasteiger partial charge on any atom is 0.470 e. The van der Waals surface area contributed by atoms with Gasteiger partial charge in [-0.1, -0.05) is 0 Å². The van der Waals surface area contributed by atoms with Crippen molar-refractivity contribution in [3.63, 3.8) is 0 Å². The van der Waals surface area contributed by atoms with Crippen LogP contribution in [0.25, 0.3) is 0 Å². The summed E-state index contributed by atoms with van der Waals surface area (Å²) in [7, 11) is -10.3. The lowest BCUT2D eigenvalue weighted by atomic mass is 9.99. The molecule has 0 aromatic carbocycles. The number of ether oxygens (including phenoxy) is 1. The average molecular weight is 340 g/mol. The Morgan fingerprint density at radius 2 is 1.40 bits per heavy atom. The molecule has 12 nitrogen and oxygen atoms in total. The van der Waals surface area contributed by atoms with Crippen LogP contribution in [0.1, 0.15) is 0 Å². The van der Waals surface area contributed by atoms with Gasteiger partial charge in [-0.05, 0) is 0 Å². The highest BCUT2D eigenvalue weighted by Crippen LogP contribution is 2.46. The van der Waals surface area contributed by atoms with Gasteiger partial charge in [-0.25, -0.2) is 9.13 Å². The Balaban J connectivity index is 3.06. The Morgan fingerprint density at radius 1 is 0.950 bits per heavy atom. The molecule has 1 aliphatic heterocycles. The number of aliphatic hydroxyl groups excluding tert-OH is 3. The van der Waals surface area contributed by atoms with Crippen molar-refractivity contribution in [2.75, 3.05) is 6.61 Å². The second-order valence-corrected chi connectivity index (χ2v) is 6.24. The first kappa shape index (κ1) is 18.1. The van der Waals surface area contributed by atoms with Gasteiger partial charge in [0.25, 0.3) is 0 Å². The summed E-state index contributed by atoms with van der Waals surface area (Å²) in [6.45, 7) is -0.921. The van der Waals surface area contributed by atoms with E-state index in [2.05, 4.69) is 13.8 Å². The van der Waals surface area contributed by atoms with Gasteiger partial charge in [0.15, 0.2) is 6.29 Å². The van der Waals surface area contributed by atoms with Crippen molar-refractivity contribution in [3.05, 3.63) is 0 Å². The van der Waals surface area contributed by atoms with Crippen molar-refractivity contribution in [2.45, 2.75) is 30.7 Å². The van der Waals surface area contributed by atoms with Crippen LogP contribution in [0.4, 0.5) is 0 Å². The van der Waals surface area contributed by atoms with E-state index in [0.717, 1.165) is 0 Å². The van der Waals surface area contributed by atoms with Crippen LogP contribution >= 0.6 is 15.6 Å². The van der Waals surface area contributed by atoms with Gasteiger partial charge in [-0.15, -0.1) is 0 Å². The molecule has 5 atom stereocenters. The van der Waals surface area contributed by atoms with Crippen LogP contribution in [0, 0.1) is 0 Å². The summed E-state index contributed by atoms with van der Waals surface area (Å²) in [5.41, 5.74) is 0. The third-order valence-electron chi connectivity index (χ3n) is 2.33. The quantitative estimate of drug-likeness (QED) is 0.250.